The van der Waals surface area contributed by atoms with Gasteiger partial charge in [-0.2, -0.15) is 0 Å². The van der Waals surface area contributed by atoms with Gasteiger partial charge in [0.15, 0.2) is 11.6 Å². The lowest BCUT2D eigenvalue weighted by Gasteiger charge is -2.29. The van der Waals surface area contributed by atoms with E-state index < -0.39 is 17.7 Å². The zero-order valence-corrected chi connectivity index (χ0v) is 11.6. The highest BCUT2D eigenvalue weighted by Crippen LogP contribution is 2.27. The molecule has 0 radical (unpaired) electrons. The molecule has 0 amide bonds. The highest BCUT2D eigenvalue weighted by atomic mass is 35.5. The first-order valence-corrected chi connectivity index (χ1v) is 5.60. The Morgan fingerprint density at radius 2 is 1.78 bits per heavy atom. The zero-order chi connectivity index (χ0) is 13.2. The minimum Gasteiger partial charge on any atom is -0.388 e. The molecule has 104 valence electrons. The normalized spacial score (nSPS) is 14.8. The second-order valence-electron chi connectivity index (χ2n) is 5.40. The minimum absolute atomic E-state index is 0. The van der Waals surface area contributed by atoms with Crippen LogP contribution in [0.25, 0.3) is 0 Å². The minimum atomic E-state index is -0.953. The molecular formula is C13H20ClF2NO. The maximum absolute atomic E-state index is 13.0. The highest BCUT2D eigenvalue weighted by molar-refractivity contribution is 5.85. The Bertz CT molecular complexity index is 393. The molecule has 2 nitrogen and oxygen atoms in total. The van der Waals surface area contributed by atoms with E-state index in [2.05, 4.69) is 0 Å². The largest absolute Gasteiger partial charge is 0.388 e. The summed E-state index contributed by atoms with van der Waals surface area (Å²) < 4.78 is 25.7. The van der Waals surface area contributed by atoms with Crippen LogP contribution in [0.5, 0.6) is 0 Å². The van der Waals surface area contributed by atoms with E-state index in [1.165, 1.54) is 6.07 Å². The van der Waals surface area contributed by atoms with Crippen LogP contribution >= 0.6 is 12.4 Å². The van der Waals surface area contributed by atoms with Crippen LogP contribution in [0.4, 0.5) is 8.78 Å². The number of benzene rings is 1. The molecule has 1 rings (SSSR count). The number of rotatable bonds is 3. The Morgan fingerprint density at radius 1 is 1.22 bits per heavy atom. The van der Waals surface area contributed by atoms with Crippen LogP contribution in [0.1, 0.15) is 38.9 Å². The number of halogens is 3. The standard InChI is InChI=1S/C13H19F2NO.ClH/c1-13(2,3)12(16)7-11(17)8-4-5-9(14)10(15)6-8;/h4-6,11-12,17H,7,16H2,1-3H3;1H/t11-,12+;/m0./s1. The van der Waals surface area contributed by atoms with Crippen molar-refractivity contribution in [3.8, 4) is 0 Å². The molecule has 5 heteroatoms. The van der Waals surface area contributed by atoms with Crippen molar-refractivity contribution in [1.82, 2.24) is 0 Å². The summed E-state index contributed by atoms with van der Waals surface area (Å²) in [4.78, 5) is 0. The molecule has 0 unspecified atom stereocenters. The van der Waals surface area contributed by atoms with Crippen molar-refractivity contribution >= 4 is 12.4 Å². The number of nitrogens with two attached hydrogens (primary N) is 1. The van der Waals surface area contributed by atoms with Gasteiger partial charge >= 0.3 is 0 Å². The average Bonchev–Trinajstić information content (AvgIpc) is 2.20. The summed E-state index contributed by atoms with van der Waals surface area (Å²) in [6.45, 7) is 5.90. The lowest BCUT2D eigenvalue weighted by atomic mass is 9.83. The SMILES string of the molecule is CC(C)(C)[C@H](N)C[C@H](O)c1ccc(F)c(F)c1.Cl. The predicted molar refractivity (Wildman–Crippen MR) is 70.6 cm³/mol. The Kier molecular flexibility index (Phi) is 6.20. The fourth-order valence-electron chi connectivity index (χ4n) is 1.45. The highest BCUT2D eigenvalue weighted by Gasteiger charge is 2.24. The van der Waals surface area contributed by atoms with Crippen molar-refractivity contribution in [2.24, 2.45) is 11.1 Å². The topological polar surface area (TPSA) is 46.2 Å². The van der Waals surface area contributed by atoms with Crippen LogP contribution in [-0.4, -0.2) is 11.1 Å². The molecule has 0 heterocycles. The van der Waals surface area contributed by atoms with Crippen LogP contribution in [0, 0.1) is 17.0 Å². The third kappa shape index (κ3) is 4.52. The van der Waals surface area contributed by atoms with Gasteiger partial charge in [0, 0.05) is 6.04 Å². The molecular weight excluding hydrogens is 260 g/mol. The molecule has 1 aromatic carbocycles. The molecule has 0 aliphatic heterocycles. The summed E-state index contributed by atoms with van der Waals surface area (Å²) in [5.41, 5.74) is 6.14. The quantitative estimate of drug-likeness (QED) is 0.893. The van der Waals surface area contributed by atoms with Gasteiger partial charge in [-0.15, -0.1) is 12.4 Å². The second kappa shape index (κ2) is 6.45. The Balaban J connectivity index is 0.00000289. The van der Waals surface area contributed by atoms with E-state index in [4.69, 9.17) is 5.73 Å². The maximum atomic E-state index is 13.0. The maximum Gasteiger partial charge on any atom is 0.159 e. The predicted octanol–water partition coefficient (Wildman–Crippen LogP) is 3.18. The van der Waals surface area contributed by atoms with Crippen LogP contribution in [0.15, 0.2) is 18.2 Å². The Morgan fingerprint density at radius 3 is 2.22 bits per heavy atom. The summed E-state index contributed by atoms with van der Waals surface area (Å²) in [5.74, 6) is -1.87. The first-order valence-electron chi connectivity index (χ1n) is 5.60. The van der Waals surface area contributed by atoms with Crippen molar-refractivity contribution in [2.75, 3.05) is 0 Å². The summed E-state index contributed by atoms with van der Waals surface area (Å²) in [5, 5.41) is 9.90. The number of hydrogen-bond donors (Lipinski definition) is 2. The van der Waals surface area contributed by atoms with Gasteiger partial charge in [-0.1, -0.05) is 26.8 Å². The summed E-state index contributed by atoms with van der Waals surface area (Å²) in [6, 6.07) is 3.18. The molecule has 0 bridgehead atoms. The van der Waals surface area contributed by atoms with E-state index >= 15 is 0 Å². The van der Waals surface area contributed by atoms with Crippen molar-refractivity contribution in [3.63, 3.8) is 0 Å². The Labute approximate surface area is 113 Å². The molecule has 0 saturated carbocycles. The average molecular weight is 280 g/mol. The molecule has 3 N–H and O–H groups in total. The van der Waals surface area contributed by atoms with Gasteiger partial charge < -0.3 is 10.8 Å². The molecule has 18 heavy (non-hydrogen) atoms. The van der Waals surface area contributed by atoms with E-state index in [-0.39, 0.29) is 23.9 Å². The molecule has 0 aliphatic rings. The van der Waals surface area contributed by atoms with Gasteiger partial charge in [0.2, 0.25) is 0 Å². The molecule has 0 saturated heterocycles. The molecule has 0 aromatic heterocycles. The van der Waals surface area contributed by atoms with Crippen molar-refractivity contribution in [2.45, 2.75) is 39.3 Å². The van der Waals surface area contributed by atoms with Gasteiger partial charge in [0.05, 0.1) is 6.10 Å². The van der Waals surface area contributed by atoms with Gasteiger partial charge in [-0.3, -0.25) is 0 Å². The number of aliphatic hydroxyl groups excluding tert-OH is 1. The number of aliphatic hydroxyl groups is 1. The summed E-state index contributed by atoms with van der Waals surface area (Å²) in [6.07, 6.45) is -0.562. The van der Waals surface area contributed by atoms with E-state index in [1.807, 2.05) is 20.8 Å². The van der Waals surface area contributed by atoms with E-state index in [0.717, 1.165) is 12.1 Å². The first-order chi connectivity index (χ1) is 7.71. The van der Waals surface area contributed by atoms with Crippen molar-refractivity contribution in [1.29, 1.82) is 0 Å². The van der Waals surface area contributed by atoms with Crippen LogP contribution < -0.4 is 5.73 Å². The van der Waals surface area contributed by atoms with Gasteiger partial charge in [0.25, 0.3) is 0 Å². The van der Waals surface area contributed by atoms with E-state index in [9.17, 15) is 13.9 Å². The van der Waals surface area contributed by atoms with Crippen molar-refractivity contribution in [3.05, 3.63) is 35.4 Å². The smallest absolute Gasteiger partial charge is 0.159 e. The zero-order valence-electron chi connectivity index (χ0n) is 10.8. The van der Waals surface area contributed by atoms with E-state index in [1.54, 1.807) is 0 Å². The fourth-order valence-corrected chi connectivity index (χ4v) is 1.45. The lowest BCUT2D eigenvalue weighted by molar-refractivity contribution is 0.133. The first kappa shape index (κ1) is 17.3. The van der Waals surface area contributed by atoms with Crippen LogP contribution in [-0.2, 0) is 0 Å². The van der Waals surface area contributed by atoms with Gasteiger partial charge in [0.1, 0.15) is 0 Å². The van der Waals surface area contributed by atoms with Gasteiger partial charge in [-0.25, -0.2) is 8.78 Å². The summed E-state index contributed by atoms with van der Waals surface area (Å²) in [7, 11) is 0. The molecule has 2 atom stereocenters. The van der Waals surface area contributed by atoms with Crippen LogP contribution in [0.2, 0.25) is 0 Å². The third-order valence-electron chi connectivity index (χ3n) is 2.92. The molecule has 0 fully saturated rings. The molecule has 0 spiro atoms. The van der Waals surface area contributed by atoms with E-state index in [0.29, 0.717) is 12.0 Å². The van der Waals surface area contributed by atoms with Crippen LogP contribution in [0.3, 0.4) is 0 Å². The second-order valence-corrected chi connectivity index (χ2v) is 5.40. The fraction of sp³-hybridized carbons (Fsp3) is 0.538. The molecule has 0 aliphatic carbocycles. The summed E-state index contributed by atoms with van der Waals surface area (Å²) >= 11 is 0. The Hall–Kier alpha value is -0.710. The monoisotopic (exact) mass is 279 g/mol. The van der Waals surface area contributed by atoms with Gasteiger partial charge in [-0.05, 0) is 29.5 Å². The number of hydrogen-bond acceptors (Lipinski definition) is 2. The molecule has 1 aromatic rings. The van der Waals surface area contributed by atoms with Crippen molar-refractivity contribution < 1.29 is 13.9 Å². The third-order valence-corrected chi connectivity index (χ3v) is 2.92. The lowest BCUT2D eigenvalue weighted by Crippen LogP contribution is -2.36.